The fraction of sp³-hybridized carbons (Fsp3) is 1.00. The average molecular weight is 317 g/mol. The lowest BCUT2D eigenvalue weighted by Crippen LogP contribution is -2.49. The molecule has 0 aromatic rings. The van der Waals surface area contributed by atoms with Gasteiger partial charge in [-0.3, -0.25) is 0 Å². The zero-order valence-electron chi connectivity index (χ0n) is 13.4. The smallest absolute Gasteiger partial charge is 0.215 e. The molecule has 2 saturated heterocycles. The highest BCUT2D eigenvalue weighted by Gasteiger charge is 2.30. The third-order valence-corrected chi connectivity index (χ3v) is 6.56. The summed E-state index contributed by atoms with van der Waals surface area (Å²) < 4.78 is 26.3. The molecule has 2 heterocycles. The van der Waals surface area contributed by atoms with E-state index >= 15 is 0 Å². The van der Waals surface area contributed by atoms with Gasteiger partial charge >= 0.3 is 0 Å². The van der Waals surface area contributed by atoms with Gasteiger partial charge in [-0.05, 0) is 51.7 Å². The molecule has 1 N–H and O–H groups in total. The summed E-state index contributed by atoms with van der Waals surface area (Å²) in [7, 11) is -3.07. The molecular weight excluding hydrogens is 286 g/mol. The minimum absolute atomic E-state index is 0.237. The summed E-state index contributed by atoms with van der Waals surface area (Å²) in [6.07, 6.45) is 7.02. The van der Waals surface area contributed by atoms with E-state index in [0.29, 0.717) is 25.7 Å². The second kappa shape index (κ2) is 8.46. The van der Waals surface area contributed by atoms with E-state index in [9.17, 15) is 8.42 Å². The van der Waals surface area contributed by atoms with Crippen LogP contribution in [0, 0.1) is 0 Å². The summed E-state index contributed by atoms with van der Waals surface area (Å²) in [5.41, 5.74) is 0. The minimum atomic E-state index is -3.07. The molecule has 21 heavy (non-hydrogen) atoms. The number of rotatable bonds is 7. The Morgan fingerprint density at radius 2 is 1.67 bits per heavy atom. The molecule has 0 atom stereocenters. The SMILES string of the molecule is CCCNCCS(=O)(=O)N1CCC(N2CCCCC2)CC1. The van der Waals surface area contributed by atoms with Gasteiger partial charge in [0.05, 0.1) is 5.75 Å². The molecule has 2 fully saturated rings. The summed E-state index contributed by atoms with van der Waals surface area (Å²) in [5.74, 6) is 0.237. The lowest BCUT2D eigenvalue weighted by atomic mass is 10.0. The van der Waals surface area contributed by atoms with Crippen LogP contribution in [0.25, 0.3) is 0 Å². The molecule has 2 aliphatic heterocycles. The highest BCUT2D eigenvalue weighted by atomic mass is 32.2. The Morgan fingerprint density at radius 3 is 2.29 bits per heavy atom. The van der Waals surface area contributed by atoms with E-state index in [0.717, 1.165) is 25.8 Å². The van der Waals surface area contributed by atoms with Crippen LogP contribution in [0.4, 0.5) is 0 Å². The Labute approximate surface area is 130 Å². The van der Waals surface area contributed by atoms with E-state index in [1.54, 1.807) is 4.31 Å². The Bertz CT molecular complexity index is 386. The van der Waals surface area contributed by atoms with Crippen LogP contribution >= 0.6 is 0 Å². The summed E-state index contributed by atoms with van der Waals surface area (Å²) in [4.78, 5) is 2.58. The zero-order chi connectivity index (χ0) is 15.1. The predicted molar refractivity (Wildman–Crippen MR) is 87.0 cm³/mol. The maximum Gasteiger partial charge on any atom is 0.215 e. The van der Waals surface area contributed by atoms with Crippen LogP contribution in [-0.4, -0.2) is 68.7 Å². The van der Waals surface area contributed by atoms with Gasteiger partial charge in [0, 0.05) is 25.7 Å². The van der Waals surface area contributed by atoms with Crippen molar-refractivity contribution in [2.75, 3.05) is 45.0 Å². The summed E-state index contributed by atoms with van der Waals surface area (Å²) in [6, 6.07) is 0.606. The third kappa shape index (κ3) is 5.20. The molecule has 0 saturated carbocycles. The molecule has 2 rings (SSSR count). The largest absolute Gasteiger partial charge is 0.316 e. The van der Waals surface area contributed by atoms with Crippen molar-refractivity contribution in [3.05, 3.63) is 0 Å². The van der Waals surface area contributed by atoms with Crippen molar-refractivity contribution < 1.29 is 8.42 Å². The van der Waals surface area contributed by atoms with Gasteiger partial charge in [-0.2, -0.15) is 0 Å². The monoisotopic (exact) mass is 317 g/mol. The summed E-state index contributed by atoms with van der Waals surface area (Å²) in [5, 5.41) is 3.18. The molecule has 0 radical (unpaired) electrons. The van der Waals surface area contributed by atoms with Crippen LogP contribution in [0.3, 0.4) is 0 Å². The van der Waals surface area contributed by atoms with Gasteiger partial charge in [0.1, 0.15) is 0 Å². The Kier molecular flexibility index (Phi) is 6.92. The maximum atomic E-state index is 12.3. The van der Waals surface area contributed by atoms with Gasteiger partial charge in [-0.15, -0.1) is 0 Å². The van der Waals surface area contributed by atoms with Gasteiger partial charge in [-0.1, -0.05) is 13.3 Å². The standard InChI is InChI=1S/C15H31N3O2S/c1-2-8-16-9-14-21(19,20)18-12-6-15(7-13-18)17-10-4-3-5-11-17/h15-16H,2-14H2,1H3. The van der Waals surface area contributed by atoms with E-state index in [1.807, 2.05) is 0 Å². The van der Waals surface area contributed by atoms with Crippen molar-refractivity contribution in [1.29, 1.82) is 0 Å². The lowest BCUT2D eigenvalue weighted by molar-refractivity contribution is 0.118. The molecule has 5 nitrogen and oxygen atoms in total. The number of piperidine rings is 2. The number of sulfonamides is 1. The van der Waals surface area contributed by atoms with Gasteiger partial charge in [-0.25, -0.2) is 12.7 Å². The van der Waals surface area contributed by atoms with Crippen molar-refractivity contribution in [2.24, 2.45) is 0 Å². The highest BCUT2D eigenvalue weighted by Crippen LogP contribution is 2.22. The van der Waals surface area contributed by atoms with Crippen molar-refractivity contribution in [1.82, 2.24) is 14.5 Å². The second-order valence-corrected chi connectivity index (χ2v) is 8.38. The predicted octanol–water partition coefficient (Wildman–Crippen LogP) is 1.27. The number of nitrogens with one attached hydrogen (secondary N) is 1. The van der Waals surface area contributed by atoms with Gasteiger partial charge in [0.2, 0.25) is 10.0 Å². The Balaban J connectivity index is 1.74. The maximum absolute atomic E-state index is 12.3. The molecule has 124 valence electrons. The van der Waals surface area contributed by atoms with Crippen molar-refractivity contribution in [2.45, 2.75) is 51.5 Å². The van der Waals surface area contributed by atoms with Crippen molar-refractivity contribution >= 4 is 10.0 Å². The molecule has 0 aliphatic carbocycles. The first-order valence-electron chi connectivity index (χ1n) is 8.56. The van der Waals surface area contributed by atoms with E-state index in [4.69, 9.17) is 0 Å². The minimum Gasteiger partial charge on any atom is -0.316 e. The molecule has 2 aliphatic rings. The van der Waals surface area contributed by atoms with Crippen LogP contribution < -0.4 is 5.32 Å². The highest BCUT2D eigenvalue weighted by molar-refractivity contribution is 7.89. The van der Waals surface area contributed by atoms with Crippen LogP contribution in [0.1, 0.15) is 45.4 Å². The lowest BCUT2D eigenvalue weighted by Gasteiger charge is -2.39. The van der Waals surface area contributed by atoms with Gasteiger partial charge in [0.25, 0.3) is 0 Å². The molecule has 6 heteroatoms. The average Bonchev–Trinajstić information content (AvgIpc) is 2.53. The number of nitrogens with zero attached hydrogens (tertiary/aromatic N) is 2. The van der Waals surface area contributed by atoms with E-state index in [2.05, 4.69) is 17.1 Å². The fourth-order valence-electron chi connectivity index (χ4n) is 3.40. The normalized spacial score (nSPS) is 23.5. The zero-order valence-corrected chi connectivity index (χ0v) is 14.2. The van der Waals surface area contributed by atoms with E-state index < -0.39 is 10.0 Å². The van der Waals surface area contributed by atoms with Gasteiger partial charge in [0.15, 0.2) is 0 Å². The Morgan fingerprint density at radius 1 is 1.00 bits per heavy atom. The first-order chi connectivity index (χ1) is 10.1. The van der Waals surface area contributed by atoms with Crippen LogP contribution in [0.15, 0.2) is 0 Å². The molecule has 0 aromatic heterocycles. The number of hydrogen-bond acceptors (Lipinski definition) is 4. The number of likely N-dealkylation sites (tertiary alicyclic amines) is 1. The van der Waals surface area contributed by atoms with E-state index in [-0.39, 0.29) is 5.75 Å². The molecule has 0 bridgehead atoms. The molecule has 0 unspecified atom stereocenters. The first-order valence-corrected chi connectivity index (χ1v) is 10.2. The molecule has 0 aromatic carbocycles. The first kappa shape index (κ1) is 17.2. The number of hydrogen-bond donors (Lipinski definition) is 1. The van der Waals surface area contributed by atoms with Gasteiger partial charge < -0.3 is 10.2 Å². The molecule has 0 amide bonds. The summed E-state index contributed by atoms with van der Waals surface area (Å²) in [6.45, 7) is 7.38. The molecule has 0 spiro atoms. The summed E-state index contributed by atoms with van der Waals surface area (Å²) >= 11 is 0. The molecular formula is C15H31N3O2S. The quantitative estimate of drug-likeness (QED) is 0.719. The van der Waals surface area contributed by atoms with Crippen molar-refractivity contribution in [3.8, 4) is 0 Å². The van der Waals surface area contributed by atoms with Crippen LogP contribution in [0.5, 0.6) is 0 Å². The Hall–Kier alpha value is -0.170. The van der Waals surface area contributed by atoms with E-state index in [1.165, 1.54) is 32.4 Å². The van der Waals surface area contributed by atoms with Crippen LogP contribution in [0.2, 0.25) is 0 Å². The second-order valence-electron chi connectivity index (χ2n) is 6.29. The topological polar surface area (TPSA) is 52.7 Å². The fourth-order valence-corrected chi connectivity index (χ4v) is 4.83. The van der Waals surface area contributed by atoms with Crippen LogP contribution in [-0.2, 0) is 10.0 Å². The van der Waals surface area contributed by atoms with Crippen molar-refractivity contribution in [3.63, 3.8) is 0 Å². The third-order valence-electron chi connectivity index (χ3n) is 4.69.